The molecule has 4 heteroatoms. The molecule has 2 rings (SSSR count). The van der Waals surface area contributed by atoms with E-state index < -0.39 is 0 Å². The lowest BCUT2D eigenvalue weighted by atomic mass is 10.0. The van der Waals surface area contributed by atoms with Crippen molar-refractivity contribution in [1.82, 2.24) is 4.98 Å². The predicted molar refractivity (Wildman–Crippen MR) is 73.4 cm³/mol. The zero-order chi connectivity index (χ0) is 13.8. The fraction of sp³-hybridized carbons (Fsp3) is 0.267. The predicted octanol–water partition coefficient (Wildman–Crippen LogP) is 3.31. The molecule has 0 spiro atoms. The largest absolute Gasteiger partial charge is 0.492 e. The molecule has 1 atom stereocenters. The van der Waals surface area contributed by atoms with Crippen molar-refractivity contribution in [3.05, 3.63) is 48.0 Å². The Bertz CT molecular complexity index is 570. The number of hydrogen-bond donors (Lipinski definition) is 1. The molecule has 2 aromatic rings. The average Bonchev–Trinajstić information content (AvgIpc) is 2.39. The van der Waals surface area contributed by atoms with Crippen LogP contribution >= 0.6 is 0 Å². The molecule has 100 valence electrons. The van der Waals surface area contributed by atoms with Crippen molar-refractivity contribution < 1.29 is 9.13 Å². The lowest BCUT2D eigenvalue weighted by molar-refractivity contribution is 0.339. The minimum absolute atomic E-state index is 0.137. The molecular formula is C15H17FN2O. The molecule has 0 aliphatic carbocycles. The van der Waals surface area contributed by atoms with Gasteiger partial charge in [-0.25, -0.2) is 4.39 Å². The molecule has 1 unspecified atom stereocenters. The van der Waals surface area contributed by atoms with Crippen LogP contribution in [-0.4, -0.2) is 11.6 Å². The lowest BCUT2D eigenvalue weighted by Crippen LogP contribution is -2.05. The second kappa shape index (κ2) is 5.80. The second-order valence-corrected chi connectivity index (χ2v) is 4.37. The maximum absolute atomic E-state index is 13.9. The van der Waals surface area contributed by atoms with Gasteiger partial charge in [0, 0.05) is 23.4 Å². The zero-order valence-corrected chi connectivity index (χ0v) is 11.1. The minimum Gasteiger partial charge on any atom is -0.492 e. The Hall–Kier alpha value is -1.94. The molecule has 0 bridgehead atoms. The van der Waals surface area contributed by atoms with Crippen LogP contribution in [0.2, 0.25) is 0 Å². The quantitative estimate of drug-likeness (QED) is 0.917. The summed E-state index contributed by atoms with van der Waals surface area (Å²) in [6.45, 7) is 4.31. The van der Waals surface area contributed by atoms with Gasteiger partial charge in [0.25, 0.3) is 0 Å². The van der Waals surface area contributed by atoms with Crippen LogP contribution in [0.5, 0.6) is 5.75 Å². The van der Waals surface area contributed by atoms with Crippen LogP contribution in [0.4, 0.5) is 4.39 Å². The summed E-state index contributed by atoms with van der Waals surface area (Å²) < 4.78 is 19.3. The van der Waals surface area contributed by atoms with E-state index in [2.05, 4.69) is 4.98 Å². The Morgan fingerprint density at radius 1 is 1.32 bits per heavy atom. The minimum atomic E-state index is -0.292. The van der Waals surface area contributed by atoms with Crippen LogP contribution in [0.25, 0.3) is 11.1 Å². The summed E-state index contributed by atoms with van der Waals surface area (Å²) in [6.07, 6.45) is 3.23. The summed E-state index contributed by atoms with van der Waals surface area (Å²) in [4.78, 5) is 4.07. The fourth-order valence-corrected chi connectivity index (χ4v) is 1.86. The Morgan fingerprint density at radius 2 is 2.11 bits per heavy atom. The van der Waals surface area contributed by atoms with Crippen molar-refractivity contribution in [1.29, 1.82) is 0 Å². The highest BCUT2D eigenvalue weighted by molar-refractivity contribution is 5.65. The van der Waals surface area contributed by atoms with Crippen molar-refractivity contribution in [3.63, 3.8) is 0 Å². The van der Waals surface area contributed by atoms with Gasteiger partial charge < -0.3 is 10.5 Å². The highest BCUT2D eigenvalue weighted by Gasteiger charge is 2.09. The molecule has 0 amide bonds. The van der Waals surface area contributed by atoms with Gasteiger partial charge >= 0.3 is 0 Å². The van der Waals surface area contributed by atoms with Crippen LogP contribution < -0.4 is 10.5 Å². The maximum Gasteiger partial charge on any atom is 0.138 e. The highest BCUT2D eigenvalue weighted by atomic mass is 19.1. The van der Waals surface area contributed by atoms with Gasteiger partial charge in [-0.2, -0.15) is 0 Å². The molecule has 0 aliphatic rings. The third-order valence-corrected chi connectivity index (χ3v) is 2.85. The van der Waals surface area contributed by atoms with Crippen molar-refractivity contribution in [2.75, 3.05) is 6.61 Å². The van der Waals surface area contributed by atoms with Crippen molar-refractivity contribution in [3.8, 4) is 16.9 Å². The third kappa shape index (κ3) is 3.09. The Balaban J connectivity index is 2.45. The average molecular weight is 260 g/mol. The molecule has 0 saturated heterocycles. The van der Waals surface area contributed by atoms with Crippen LogP contribution in [0.15, 0.2) is 36.7 Å². The van der Waals surface area contributed by atoms with E-state index in [9.17, 15) is 4.39 Å². The zero-order valence-electron chi connectivity index (χ0n) is 11.1. The van der Waals surface area contributed by atoms with Gasteiger partial charge in [-0.3, -0.25) is 4.98 Å². The fourth-order valence-electron chi connectivity index (χ4n) is 1.86. The monoisotopic (exact) mass is 260 g/mol. The number of benzene rings is 1. The Kier molecular flexibility index (Phi) is 4.12. The van der Waals surface area contributed by atoms with E-state index in [1.807, 2.05) is 13.8 Å². The number of hydrogen-bond acceptors (Lipinski definition) is 3. The standard InChI is InChI=1S/C15H17FN2O/c1-3-19-13-6-12(8-18-9-13)14-7-11(10(2)17)4-5-15(14)16/h4-10H,3,17H2,1-2H3. The highest BCUT2D eigenvalue weighted by Crippen LogP contribution is 2.27. The summed E-state index contributed by atoms with van der Waals surface area (Å²) in [5, 5.41) is 0. The van der Waals surface area contributed by atoms with Crippen LogP contribution in [0.1, 0.15) is 25.5 Å². The van der Waals surface area contributed by atoms with Crippen molar-refractivity contribution in [2.45, 2.75) is 19.9 Å². The number of nitrogens with zero attached hydrogens (tertiary/aromatic N) is 1. The van der Waals surface area contributed by atoms with Gasteiger partial charge in [0.2, 0.25) is 0 Å². The first kappa shape index (κ1) is 13.5. The van der Waals surface area contributed by atoms with Gasteiger partial charge in [-0.1, -0.05) is 6.07 Å². The number of aromatic nitrogens is 1. The summed E-state index contributed by atoms with van der Waals surface area (Å²) in [7, 11) is 0. The second-order valence-electron chi connectivity index (χ2n) is 4.37. The first-order valence-electron chi connectivity index (χ1n) is 6.25. The van der Waals surface area contributed by atoms with E-state index in [1.54, 1.807) is 30.6 Å². The van der Waals surface area contributed by atoms with Gasteiger partial charge in [-0.15, -0.1) is 0 Å². The van der Waals surface area contributed by atoms with Crippen LogP contribution in [0, 0.1) is 5.82 Å². The topological polar surface area (TPSA) is 48.1 Å². The molecule has 0 fully saturated rings. The summed E-state index contributed by atoms with van der Waals surface area (Å²) in [5.41, 5.74) is 7.89. The molecule has 1 aromatic heterocycles. The first-order valence-corrected chi connectivity index (χ1v) is 6.25. The molecule has 3 nitrogen and oxygen atoms in total. The van der Waals surface area contributed by atoms with Crippen LogP contribution in [-0.2, 0) is 0 Å². The first-order chi connectivity index (χ1) is 9.11. The molecule has 0 saturated carbocycles. The number of rotatable bonds is 4. The normalized spacial score (nSPS) is 12.2. The molecule has 1 aromatic carbocycles. The molecular weight excluding hydrogens is 243 g/mol. The molecule has 1 heterocycles. The smallest absolute Gasteiger partial charge is 0.138 e. The van der Waals surface area contributed by atoms with Crippen molar-refractivity contribution >= 4 is 0 Å². The number of nitrogens with two attached hydrogens (primary N) is 1. The van der Waals surface area contributed by atoms with Gasteiger partial charge in [-0.05, 0) is 37.6 Å². The van der Waals surface area contributed by atoms with Gasteiger partial charge in [0.15, 0.2) is 0 Å². The maximum atomic E-state index is 13.9. The van der Waals surface area contributed by atoms with E-state index in [4.69, 9.17) is 10.5 Å². The molecule has 2 N–H and O–H groups in total. The lowest BCUT2D eigenvalue weighted by Gasteiger charge is -2.10. The van der Waals surface area contributed by atoms with E-state index in [-0.39, 0.29) is 11.9 Å². The van der Waals surface area contributed by atoms with Gasteiger partial charge in [0.05, 0.1) is 12.8 Å². The van der Waals surface area contributed by atoms with Gasteiger partial charge in [0.1, 0.15) is 11.6 Å². The van der Waals surface area contributed by atoms with E-state index in [0.29, 0.717) is 23.5 Å². The molecule has 0 aliphatic heterocycles. The van der Waals surface area contributed by atoms with Crippen molar-refractivity contribution in [2.24, 2.45) is 5.73 Å². The third-order valence-electron chi connectivity index (χ3n) is 2.85. The summed E-state index contributed by atoms with van der Waals surface area (Å²) in [5.74, 6) is 0.338. The summed E-state index contributed by atoms with van der Waals surface area (Å²) in [6, 6.07) is 6.53. The SMILES string of the molecule is CCOc1cncc(-c2cc(C(C)N)ccc2F)c1. The Labute approximate surface area is 112 Å². The summed E-state index contributed by atoms with van der Waals surface area (Å²) >= 11 is 0. The number of ether oxygens (including phenoxy) is 1. The van der Waals surface area contributed by atoms with E-state index >= 15 is 0 Å². The van der Waals surface area contributed by atoms with E-state index in [0.717, 1.165) is 5.56 Å². The van der Waals surface area contributed by atoms with E-state index in [1.165, 1.54) is 6.07 Å². The molecule has 0 radical (unpaired) electrons. The Morgan fingerprint density at radius 3 is 2.79 bits per heavy atom. The van der Waals surface area contributed by atoms with Crippen LogP contribution in [0.3, 0.4) is 0 Å². The number of pyridine rings is 1. The molecule has 19 heavy (non-hydrogen) atoms. The number of halogens is 1.